The Morgan fingerprint density at radius 2 is 1.25 bits per heavy atom. The first kappa shape index (κ1) is 21.4. The standard InChI is InChI=1S/C27H25N3O2/c1-27(2,3)24(31)17-23(26(32)28-18-11-5-4-6-12-18)29-30-25-21-15-9-7-13-19(21)20-14-8-10-16-22(20)25/h4-16H,17H2,1-3H3,(H,28,32). The third-order valence-electron chi connectivity index (χ3n) is 5.38. The molecule has 3 aromatic rings. The van der Waals surface area contributed by atoms with E-state index in [-0.39, 0.29) is 17.9 Å². The largest absolute Gasteiger partial charge is 0.321 e. The quantitative estimate of drug-likeness (QED) is 0.340. The van der Waals surface area contributed by atoms with E-state index in [0.717, 1.165) is 22.3 Å². The molecule has 0 aliphatic heterocycles. The molecule has 0 aromatic heterocycles. The Morgan fingerprint density at radius 3 is 1.78 bits per heavy atom. The highest BCUT2D eigenvalue weighted by Crippen LogP contribution is 2.36. The third-order valence-corrected chi connectivity index (χ3v) is 5.38. The van der Waals surface area contributed by atoms with E-state index in [2.05, 4.69) is 15.5 Å². The maximum atomic E-state index is 13.0. The van der Waals surface area contributed by atoms with Crippen molar-refractivity contribution in [3.8, 4) is 11.1 Å². The molecule has 0 heterocycles. The van der Waals surface area contributed by atoms with Crippen molar-refractivity contribution in [3.05, 3.63) is 90.0 Å². The van der Waals surface area contributed by atoms with Gasteiger partial charge in [0.1, 0.15) is 17.2 Å². The Morgan fingerprint density at radius 1 is 0.750 bits per heavy atom. The molecule has 1 aliphatic rings. The summed E-state index contributed by atoms with van der Waals surface area (Å²) in [6.45, 7) is 5.49. The first-order valence-electron chi connectivity index (χ1n) is 10.6. The van der Waals surface area contributed by atoms with E-state index in [1.165, 1.54) is 0 Å². The summed E-state index contributed by atoms with van der Waals surface area (Å²) < 4.78 is 0. The number of nitrogens with zero attached hydrogens (tertiary/aromatic N) is 2. The van der Waals surface area contributed by atoms with Crippen LogP contribution in [0.15, 0.2) is 89.1 Å². The number of anilines is 1. The molecule has 0 spiro atoms. The average molecular weight is 424 g/mol. The van der Waals surface area contributed by atoms with Gasteiger partial charge in [0.15, 0.2) is 0 Å². The SMILES string of the molecule is CC(C)(C)C(=O)CC(=NN=C1c2ccccc2-c2ccccc21)C(=O)Nc1ccccc1. The predicted molar refractivity (Wildman–Crippen MR) is 129 cm³/mol. The van der Waals surface area contributed by atoms with Crippen molar-refractivity contribution in [3.63, 3.8) is 0 Å². The van der Waals surface area contributed by atoms with Gasteiger partial charge < -0.3 is 5.32 Å². The summed E-state index contributed by atoms with van der Waals surface area (Å²) in [5.41, 5.74) is 4.92. The van der Waals surface area contributed by atoms with Crippen LogP contribution in [-0.2, 0) is 9.59 Å². The Hall–Kier alpha value is -3.86. The minimum Gasteiger partial charge on any atom is -0.321 e. The second-order valence-corrected chi connectivity index (χ2v) is 8.76. The number of benzene rings is 3. The van der Waals surface area contributed by atoms with Gasteiger partial charge in [0, 0.05) is 22.2 Å². The van der Waals surface area contributed by atoms with Crippen LogP contribution < -0.4 is 5.32 Å². The predicted octanol–water partition coefficient (Wildman–Crippen LogP) is 5.50. The molecule has 0 unspecified atom stereocenters. The molecule has 4 rings (SSSR count). The zero-order chi connectivity index (χ0) is 22.7. The number of nitrogens with one attached hydrogen (secondary N) is 1. The van der Waals surface area contributed by atoms with Crippen LogP contribution in [0.1, 0.15) is 38.3 Å². The molecule has 5 heteroatoms. The zero-order valence-electron chi connectivity index (χ0n) is 18.4. The van der Waals surface area contributed by atoms with Crippen LogP contribution in [0, 0.1) is 5.41 Å². The number of hydrogen-bond donors (Lipinski definition) is 1. The minimum absolute atomic E-state index is 0.0770. The highest BCUT2D eigenvalue weighted by molar-refractivity contribution is 6.46. The van der Waals surface area contributed by atoms with E-state index >= 15 is 0 Å². The average Bonchev–Trinajstić information content (AvgIpc) is 3.10. The first-order chi connectivity index (χ1) is 15.3. The zero-order valence-corrected chi connectivity index (χ0v) is 18.4. The highest BCUT2D eigenvalue weighted by atomic mass is 16.2. The van der Waals surface area contributed by atoms with Crippen molar-refractivity contribution < 1.29 is 9.59 Å². The van der Waals surface area contributed by atoms with Crippen molar-refractivity contribution in [1.82, 2.24) is 0 Å². The molecule has 0 bridgehead atoms. The number of hydrogen-bond acceptors (Lipinski definition) is 4. The molecule has 0 saturated carbocycles. The summed E-state index contributed by atoms with van der Waals surface area (Å²) >= 11 is 0. The van der Waals surface area contributed by atoms with E-state index < -0.39 is 11.3 Å². The van der Waals surface area contributed by atoms with Crippen molar-refractivity contribution in [2.24, 2.45) is 15.6 Å². The van der Waals surface area contributed by atoms with Gasteiger partial charge in [-0.05, 0) is 23.3 Å². The van der Waals surface area contributed by atoms with Gasteiger partial charge in [0.05, 0.1) is 6.42 Å². The number of carbonyl (C=O) groups excluding carboxylic acids is 2. The van der Waals surface area contributed by atoms with Crippen molar-refractivity contribution in [2.45, 2.75) is 27.2 Å². The fourth-order valence-corrected chi connectivity index (χ4v) is 3.52. The molecular formula is C27H25N3O2. The minimum atomic E-state index is -0.590. The van der Waals surface area contributed by atoms with E-state index in [1.54, 1.807) is 12.1 Å². The lowest BCUT2D eigenvalue weighted by Gasteiger charge is -2.16. The molecule has 0 radical (unpaired) electrons. The van der Waals surface area contributed by atoms with Crippen LogP contribution in [0.3, 0.4) is 0 Å². The summed E-state index contributed by atoms with van der Waals surface area (Å²) in [5, 5.41) is 11.6. The lowest BCUT2D eigenvalue weighted by molar-refractivity contribution is -0.125. The number of Topliss-reactive ketones (excluding diaryl/α,β-unsaturated/α-hetero) is 1. The number of rotatable bonds is 5. The van der Waals surface area contributed by atoms with Gasteiger partial charge in [-0.1, -0.05) is 87.5 Å². The topological polar surface area (TPSA) is 70.9 Å². The normalized spacial score (nSPS) is 12.7. The van der Waals surface area contributed by atoms with Crippen LogP contribution in [-0.4, -0.2) is 23.1 Å². The molecular weight excluding hydrogens is 398 g/mol. The van der Waals surface area contributed by atoms with Gasteiger partial charge in [-0.15, -0.1) is 10.2 Å². The summed E-state index contributed by atoms with van der Waals surface area (Å²) in [6, 6.07) is 25.1. The number of carbonyl (C=O) groups is 2. The number of fused-ring (bicyclic) bond motifs is 3. The van der Waals surface area contributed by atoms with Crippen LogP contribution in [0.25, 0.3) is 11.1 Å². The fourth-order valence-electron chi connectivity index (χ4n) is 3.52. The maximum Gasteiger partial charge on any atom is 0.272 e. The Labute approximate surface area is 187 Å². The van der Waals surface area contributed by atoms with Gasteiger partial charge in [-0.25, -0.2) is 0 Å². The molecule has 1 N–H and O–H groups in total. The third kappa shape index (κ3) is 4.42. The van der Waals surface area contributed by atoms with Gasteiger partial charge in [-0.2, -0.15) is 0 Å². The van der Waals surface area contributed by atoms with Gasteiger partial charge >= 0.3 is 0 Å². The summed E-state index contributed by atoms with van der Waals surface area (Å²) in [4.78, 5) is 25.7. The number of amides is 1. The van der Waals surface area contributed by atoms with Crippen molar-refractivity contribution in [1.29, 1.82) is 0 Å². The molecule has 0 fully saturated rings. The highest BCUT2D eigenvalue weighted by Gasteiger charge is 2.27. The van der Waals surface area contributed by atoms with Gasteiger partial charge in [0.2, 0.25) is 0 Å². The smallest absolute Gasteiger partial charge is 0.272 e. The Bertz CT molecular complexity index is 1190. The molecule has 1 aliphatic carbocycles. The molecule has 32 heavy (non-hydrogen) atoms. The summed E-state index contributed by atoms with van der Waals surface area (Å²) in [7, 11) is 0. The first-order valence-corrected chi connectivity index (χ1v) is 10.6. The summed E-state index contributed by atoms with van der Waals surface area (Å²) in [5.74, 6) is -0.510. The monoisotopic (exact) mass is 423 g/mol. The van der Waals surface area contributed by atoms with E-state index in [4.69, 9.17) is 0 Å². The molecule has 160 valence electrons. The Kier molecular flexibility index (Phi) is 5.82. The lowest BCUT2D eigenvalue weighted by atomic mass is 9.87. The molecule has 3 aromatic carbocycles. The van der Waals surface area contributed by atoms with Crippen LogP contribution in [0.2, 0.25) is 0 Å². The molecule has 5 nitrogen and oxygen atoms in total. The van der Waals surface area contributed by atoms with E-state index in [9.17, 15) is 9.59 Å². The second-order valence-electron chi connectivity index (χ2n) is 8.76. The number of ketones is 1. The van der Waals surface area contributed by atoms with Crippen molar-refractivity contribution in [2.75, 3.05) is 5.32 Å². The van der Waals surface area contributed by atoms with Crippen LogP contribution >= 0.6 is 0 Å². The lowest BCUT2D eigenvalue weighted by Crippen LogP contribution is -2.30. The van der Waals surface area contributed by atoms with Crippen LogP contribution in [0.4, 0.5) is 5.69 Å². The second kappa shape index (κ2) is 8.71. The Balaban J connectivity index is 1.74. The van der Waals surface area contributed by atoms with E-state index in [0.29, 0.717) is 11.4 Å². The van der Waals surface area contributed by atoms with Gasteiger partial charge in [0.25, 0.3) is 5.91 Å². The maximum absolute atomic E-state index is 13.0. The summed E-state index contributed by atoms with van der Waals surface area (Å²) in [6.07, 6.45) is -0.0950. The van der Waals surface area contributed by atoms with Gasteiger partial charge in [-0.3, -0.25) is 9.59 Å². The van der Waals surface area contributed by atoms with E-state index in [1.807, 2.05) is 87.5 Å². The number of para-hydroxylation sites is 1. The molecule has 0 saturated heterocycles. The molecule has 0 atom stereocenters. The molecule has 1 amide bonds. The fraction of sp³-hybridized carbons (Fsp3) is 0.185. The van der Waals surface area contributed by atoms with Crippen LogP contribution in [0.5, 0.6) is 0 Å². The van der Waals surface area contributed by atoms with Crippen molar-refractivity contribution >= 4 is 28.8 Å².